The SMILES string of the molecule is CN=C(NCCCOCC1CCOC1)NCCOc1cccc2ccccc12.I. The Morgan fingerprint density at radius 2 is 1.93 bits per heavy atom. The van der Waals surface area contributed by atoms with Gasteiger partial charge in [0.05, 0.1) is 19.8 Å². The first-order chi connectivity index (χ1) is 13.9. The highest BCUT2D eigenvalue weighted by Gasteiger charge is 2.15. The summed E-state index contributed by atoms with van der Waals surface area (Å²) in [6.07, 6.45) is 2.07. The van der Waals surface area contributed by atoms with Crippen LogP contribution >= 0.6 is 24.0 Å². The fourth-order valence-corrected chi connectivity index (χ4v) is 3.22. The molecule has 0 bridgehead atoms. The number of guanidine groups is 1. The van der Waals surface area contributed by atoms with Gasteiger partial charge in [-0.1, -0.05) is 36.4 Å². The van der Waals surface area contributed by atoms with Gasteiger partial charge in [0.1, 0.15) is 12.4 Å². The van der Waals surface area contributed by atoms with Crippen LogP contribution in [0.2, 0.25) is 0 Å². The van der Waals surface area contributed by atoms with Crippen molar-refractivity contribution < 1.29 is 14.2 Å². The highest BCUT2D eigenvalue weighted by molar-refractivity contribution is 14.0. The third kappa shape index (κ3) is 7.98. The number of hydrogen-bond acceptors (Lipinski definition) is 4. The van der Waals surface area contributed by atoms with Crippen molar-refractivity contribution in [3.63, 3.8) is 0 Å². The Morgan fingerprint density at radius 3 is 2.76 bits per heavy atom. The van der Waals surface area contributed by atoms with Gasteiger partial charge in [-0.3, -0.25) is 4.99 Å². The Labute approximate surface area is 190 Å². The van der Waals surface area contributed by atoms with Crippen LogP contribution in [-0.4, -0.2) is 59.1 Å². The number of nitrogens with zero attached hydrogens (tertiary/aromatic N) is 1. The maximum Gasteiger partial charge on any atom is 0.191 e. The third-order valence-electron chi connectivity index (χ3n) is 4.76. The van der Waals surface area contributed by atoms with Crippen LogP contribution in [0.15, 0.2) is 47.5 Å². The Hall–Kier alpha value is -1.58. The fourth-order valence-electron chi connectivity index (χ4n) is 3.22. The lowest BCUT2D eigenvalue weighted by Gasteiger charge is -2.14. The molecule has 1 fully saturated rings. The van der Waals surface area contributed by atoms with E-state index < -0.39 is 0 Å². The van der Waals surface area contributed by atoms with Crippen molar-refractivity contribution in [3.8, 4) is 5.75 Å². The van der Waals surface area contributed by atoms with Crippen molar-refractivity contribution in [2.75, 3.05) is 53.2 Å². The number of hydrogen-bond donors (Lipinski definition) is 2. The normalized spacial score (nSPS) is 16.4. The largest absolute Gasteiger partial charge is 0.491 e. The molecule has 29 heavy (non-hydrogen) atoms. The second kappa shape index (κ2) is 13.6. The number of rotatable bonds is 10. The van der Waals surface area contributed by atoms with Crippen molar-refractivity contribution in [3.05, 3.63) is 42.5 Å². The van der Waals surface area contributed by atoms with Crippen LogP contribution in [0.1, 0.15) is 12.8 Å². The van der Waals surface area contributed by atoms with Crippen LogP contribution in [-0.2, 0) is 9.47 Å². The van der Waals surface area contributed by atoms with Gasteiger partial charge >= 0.3 is 0 Å². The smallest absolute Gasteiger partial charge is 0.191 e. The predicted octanol–water partition coefficient (Wildman–Crippen LogP) is 3.44. The molecular formula is C22H32IN3O3. The fraction of sp³-hybridized carbons (Fsp3) is 0.500. The van der Waals surface area contributed by atoms with Crippen molar-refractivity contribution in [2.45, 2.75) is 12.8 Å². The summed E-state index contributed by atoms with van der Waals surface area (Å²) >= 11 is 0. The molecule has 0 radical (unpaired) electrons. The molecule has 1 saturated heterocycles. The number of aliphatic imine (C=N–C) groups is 1. The molecule has 3 rings (SSSR count). The van der Waals surface area contributed by atoms with E-state index in [0.29, 0.717) is 19.1 Å². The Morgan fingerprint density at radius 1 is 1.10 bits per heavy atom. The van der Waals surface area contributed by atoms with E-state index in [9.17, 15) is 0 Å². The minimum atomic E-state index is 0. The molecule has 2 aromatic carbocycles. The van der Waals surface area contributed by atoms with Crippen LogP contribution in [0.4, 0.5) is 0 Å². The highest BCUT2D eigenvalue weighted by Crippen LogP contribution is 2.24. The summed E-state index contributed by atoms with van der Waals surface area (Å²) in [4.78, 5) is 4.24. The summed E-state index contributed by atoms with van der Waals surface area (Å²) in [5.41, 5.74) is 0. The second-order valence-electron chi connectivity index (χ2n) is 6.91. The van der Waals surface area contributed by atoms with Gasteiger partial charge in [0.2, 0.25) is 0 Å². The van der Waals surface area contributed by atoms with Crippen molar-refractivity contribution in [1.29, 1.82) is 0 Å². The summed E-state index contributed by atoms with van der Waals surface area (Å²) in [6, 6.07) is 14.4. The van der Waals surface area contributed by atoms with Crippen molar-refractivity contribution in [1.82, 2.24) is 10.6 Å². The molecule has 1 aliphatic heterocycles. The molecule has 1 atom stereocenters. The second-order valence-corrected chi connectivity index (χ2v) is 6.91. The van der Waals surface area contributed by atoms with Gasteiger partial charge in [0.25, 0.3) is 0 Å². The molecule has 0 saturated carbocycles. The first-order valence-corrected chi connectivity index (χ1v) is 10.1. The van der Waals surface area contributed by atoms with Gasteiger partial charge in [-0.15, -0.1) is 24.0 Å². The molecule has 7 heteroatoms. The zero-order chi connectivity index (χ0) is 19.4. The van der Waals surface area contributed by atoms with Gasteiger partial charge < -0.3 is 24.8 Å². The molecule has 0 amide bonds. The van der Waals surface area contributed by atoms with Crippen LogP contribution in [0, 0.1) is 5.92 Å². The lowest BCUT2D eigenvalue weighted by Crippen LogP contribution is -2.39. The Kier molecular flexibility index (Phi) is 11.1. The topological polar surface area (TPSA) is 64.1 Å². The van der Waals surface area contributed by atoms with Gasteiger partial charge in [0, 0.05) is 38.1 Å². The zero-order valence-corrected chi connectivity index (χ0v) is 19.4. The molecule has 1 unspecified atom stereocenters. The van der Waals surface area contributed by atoms with Crippen LogP contribution < -0.4 is 15.4 Å². The van der Waals surface area contributed by atoms with E-state index in [1.165, 1.54) is 5.39 Å². The molecule has 0 aliphatic carbocycles. The van der Waals surface area contributed by atoms with Crippen molar-refractivity contribution in [2.24, 2.45) is 10.9 Å². The maximum absolute atomic E-state index is 5.94. The Bertz CT molecular complexity index is 746. The Balaban J connectivity index is 0.00000300. The molecule has 1 aliphatic rings. The van der Waals surface area contributed by atoms with Crippen LogP contribution in [0.5, 0.6) is 5.75 Å². The molecule has 0 aromatic heterocycles. The average Bonchev–Trinajstić information content (AvgIpc) is 3.25. The van der Waals surface area contributed by atoms with Gasteiger partial charge in [-0.05, 0) is 24.3 Å². The highest BCUT2D eigenvalue weighted by atomic mass is 127. The number of fused-ring (bicyclic) bond motifs is 1. The van der Waals surface area contributed by atoms with Gasteiger partial charge in [-0.2, -0.15) is 0 Å². The minimum absolute atomic E-state index is 0. The molecule has 2 N–H and O–H groups in total. The number of nitrogens with one attached hydrogen (secondary N) is 2. The van der Waals surface area contributed by atoms with E-state index >= 15 is 0 Å². The van der Waals surface area contributed by atoms with Gasteiger partial charge in [0.15, 0.2) is 5.96 Å². The van der Waals surface area contributed by atoms with E-state index in [4.69, 9.17) is 14.2 Å². The third-order valence-corrected chi connectivity index (χ3v) is 4.76. The van der Waals surface area contributed by atoms with Crippen LogP contribution in [0.3, 0.4) is 0 Å². The van der Waals surface area contributed by atoms with E-state index in [1.807, 2.05) is 24.3 Å². The zero-order valence-electron chi connectivity index (χ0n) is 17.1. The van der Waals surface area contributed by atoms with Crippen LogP contribution in [0.25, 0.3) is 10.8 Å². The monoisotopic (exact) mass is 513 g/mol. The summed E-state index contributed by atoms with van der Waals surface area (Å²) in [7, 11) is 1.78. The predicted molar refractivity (Wildman–Crippen MR) is 129 cm³/mol. The first-order valence-electron chi connectivity index (χ1n) is 10.1. The first kappa shape index (κ1) is 23.7. The lowest BCUT2D eigenvalue weighted by molar-refractivity contribution is 0.0888. The van der Waals surface area contributed by atoms with E-state index in [1.54, 1.807) is 7.05 Å². The molecular weight excluding hydrogens is 481 g/mol. The summed E-state index contributed by atoms with van der Waals surface area (Å²) in [6.45, 7) is 5.36. The minimum Gasteiger partial charge on any atom is -0.491 e. The summed E-state index contributed by atoms with van der Waals surface area (Å²) in [5.74, 6) is 2.27. The van der Waals surface area contributed by atoms with E-state index in [-0.39, 0.29) is 24.0 Å². The average molecular weight is 513 g/mol. The molecule has 0 spiro atoms. The molecule has 6 nitrogen and oxygen atoms in total. The lowest BCUT2D eigenvalue weighted by atomic mass is 10.1. The van der Waals surface area contributed by atoms with E-state index in [2.05, 4.69) is 33.8 Å². The maximum atomic E-state index is 5.94. The number of halogens is 1. The standard InChI is InChI=1S/C22H31N3O3.HI/c1-23-22(24-11-5-13-26-16-18-10-14-27-17-18)25-12-15-28-21-9-4-7-19-6-2-3-8-20(19)21;/h2-4,6-9,18H,5,10-17H2,1H3,(H2,23,24,25);1H. The molecule has 2 aromatic rings. The van der Waals surface area contributed by atoms with E-state index in [0.717, 1.165) is 62.9 Å². The number of benzene rings is 2. The summed E-state index contributed by atoms with van der Waals surface area (Å²) in [5, 5.41) is 8.91. The molecule has 160 valence electrons. The van der Waals surface area contributed by atoms with Crippen molar-refractivity contribution >= 4 is 40.7 Å². The summed E-state index contributed by atoms with van der Waals surface area (Å²) < 4.78 is 17.0. The quantitative estimate of drug-likeness (QED) is 0.221. The van der Waals surface area contributed by atoms with Gasteiger partial charge in [-0.25, -0.2) is 0 Å². The molecule has 1 heterocycles. The number of ether oxygens (including phenoxy) is 3.